The quantitative estimate of drug-likeness (QED) is 0.340. The summed E-state index contributed by atoms with van der Waals surface area (Å²) in [6, 6.07) is 10.0. The van der Waals surface area contributed by atoms with Gasteiger partial charge in [0.1, 0.15) is 5.82 Å². The minimum absolute atomic E-state index is 0.173. The van der Waals surface area contributed by atoms with Crippen molar-refractivity contribution in [3.63, 3.8) is 0 Å². The normalized spacial score (nSPS) is 16.4. The smallest absolute Gasteiger partial charge is 0.228 e. The van der Waals surface area contributed by atoms with Gasteiger partial charge >= 0.3 is 0 Å². The van der Waals surface area contributed by atoms with E-state index in [1.165, 1.54) is 34.4 Å². The third-order valence-corrected chi connectivity index (χ3v) is 7.07. The van der Waals surface area contributed by atoms with Crippen LogP contribution in [-0.2, 0) is 17.6 Å². The molecular formula is C27H28FN7O. The summed E-state index contributed by atoms with van der Waals surface area (Å²) in [7, 11) is 1.70. The van der Waals surface area contributed by atoms with Crippen molar-refractivity contribution in [1.82, 2.24) is 29.5 Å². The molecular weight excluding hydrogens is 457 g/mol. The summed E-state index contributed by atoms with van der Waals surface area (Å²) in [6.45, 7) is 2.78. The number of aromatic nitrogens is 6. The highest BCUT2D eigenvalue weighted by Crippen LogP contribution is 2.31. The Bertz CT molecular complexity index is 1540. The predicted octanol–water partition coefficient (Wildman–Crippen LogP) is 4.92. The largest absolute Gasteiger partial charge is 0.385 e. The zero-order valence-corrected chi connectivity index (χ0v) is 20.3. The minimum Gasteiger partial charge on any atom is -0.385 e. The van der Waals surface area contributed by atoms with Crippen LogP contribution in [0, 0.1) is 5.82 Å². The molecule has 1 aromatic carbocycles. The first-order valence-corrected chi connectivity index (χ1v) is 12.3. The number of pyridine rings is 1. The molecule has 6 rings (SSSR count). The molecule has 0 amide bonds. The van der Waals surface area contributed by atoms with Gasteiger partial charge in [-0.2, -0.15) is 14.6 Å². The van der Waals surface area contributed by atoms with Crippen LogP contribution in [0.3, 0.4) is 0 Å². The van der Waals surface area contributed by atoms with E-state index < -0.39 is 5.82 Å². The molecule has 36 heavy (non-hydrogen) atoms. The Morgan fingerprint density at radius 2 is 2.11 bits per heavy atom. The predicted molar refractivity (Wildman–Crippen MR) is 137 cm³/mol. The summed E-state index contributed by atoms with van der Waals surface area (Å²) in [5.74, 6) is 0.776. The van der Waals surface area contributed by atoms with Crippen LogP contribution in [0.5, 0.6) is 0 Å². The molecule has 0 bridgehead atoms. The summed E-state index contributed by atoms with van der Waals surface area (Å²) < 4.78 is 21.0. The maximum atomic E-state index is 14.0. The first-order valence-electron chi connectivity index (χ1n) is 12.3. The number of ether oxygens (including phenoxy) is 1. The second-order valence-corrected chi connectivity index (χ2v) is 9.49. The number of aromatic amines is 1. The van der Waals surface area contributed by atoms with Gasteiger partial charge in [-0.15, -0.1) is 0 Å². The van der Waals surface area contributed by atoms with E-state index in [1.807, 2.05) is 6.20 Å². The number of para-hydroxylation sites is 1. The molecule has 0 saturated carbocycles. The van der Waals surface area contributed by atoms with Gasteiger partial charge in [-0.1, -0.05) is 25.1 Å². The second kappa shape index (κ2) is 9.31. The lowest BCUT2D eigenvalue weighted by Gasteiger charge is -2.24. The Kier molecular flexibility index (Phi) is 5.85. The Labute approximate surface area is 208 Å². The van der Waals surface area contributed by atoms with Gasteiger partial charge in [0.2, 0.25) is 5.95 Å². The Morgan fingerprint density at radius 1 is 1.22 bits per heavy atom. The molecule has 0 aliphatic heterocycles. The van der Waals surface area contributed by atoms with Gasteiger partial charge in [0.05, 0.1) is 12.4 Å². The van der Waals surface area contributed by atoms with Gasteiger partial charge in [-0.25, -0.2) is 9.37 Å². The molecule has 2 atom stereocenters. The van der Waals surface area contributed by atoms with Gasteiger partial charge in [0, 0.05) is 53.7 Å². The number of hydrogen-bond donors (Lipinski definition) is 2. The van der Waals surface area contributed by atoms with E-state index in [0.29, 0.717) is 29.6 Å². The van der Waals surface area contributed by atoms with Crippen LogP contribution in [0.2, 0.25) is 0 Å². The van der Waals surface area contributed by atoms with E-state index in [0.717, 1.165) is 31.2 Å². The average Bonchev–Trinajstić information content (AvgIpc) is 3.49. The Balaban J connectivity index is 1.39. The van der Waals surface area contributed by atoms with E-state index in [-0.39, 0.29) is 12.0 Å². The number of nitrogens with one attached hydrogen (secondary N) is 2. The van der Waals surface area contributed by atoms with E-state index in [4.69, 9.17) is 14.7 Å². The molecule has 1 aliphatic rings. The summed E-state index contributed by atoms with van der Waals surface area (Å²) in [5, 5.41) is 9.55. The summed E-state index contributed by atoms with van der Waals surface area (Å²) >= 11 is 0. The van der Waals surface area contributed by atoms with Gasteiger partial charge < -0.3 is 15.0 Å². The molecule has 0 spiro atoms. The lowest BCUT2D eigenvalue weighted by atomic mass is 9.91. The minimum atomic E-state index is -0.424. The number of H-pyrrole nitrogens is 1. The van der Waals surface area contributed by atoms with Crippen molar-refractivity contribution in [3.8, 4) is 11.4 Å². The van der Waals surface area contributed by atoms with E-state index >= 15 is 0 Å². The van der Waals surface area contributed by atoms with Gasteiger partial charge in [0.25, 0.3) is 0 Å². The maximum absolute atomic E-state index is 14.0. The number of nitrogens with zero attached hydrogens (tertiary/aromatic N) is 5. The number of aryl methyl sites for hydroxylation is 1. The summed E-state index contributed by atoms with van der Waals surface area (Å²) in [6.07, 6.45) is 8.24. The average molecular weight is 486 g/mol. The molecule has 9 heteroatoms. The number of anilines is 1. The van der Waals surface area contributed by atoms with E-state index in [2.05, 4.69) is 51.6 Å². The molecule has 5 aromatic rings. The SMILES string of the molecule is COCCC(C)c1cnn2c(N[C@@H]3CCc4[nH]c5ccccc5c4C3)nc(-c3cncc(F)c3)nc12. The standard InChI is InChI=1S/C27H28FN7O/c1-16(9-10-36-2)22-15-30-35-26(22)33-25(17-11-18(28)14-29-13-17)34-27(35)31-19-7-8-24-21(12-19)20-5-3-4-6-23(20)32-24/h3-6,11,13-16,19,32H,7-10,12H2,1-2H3,(H,31,33,34)/t16?,19-/m1/s1. The van der Waals surface area contributed by atoms with Crippen molar-refractivity contribution in [2.24, 2.45) is 0 Å². The zero-order chi connectivity index (χ0) is 24.6. The van der Waals surface area contributed by atoms with Crippen LogP contribution in [0.4, 0.5) is 10.3 Å². The highest BCUT2D eigenvalue weighted by Gasteiger charge is 2.25. The number of benzene rings is 1. The van der Waals surface area contributed by atoms with Crippen LogP contribution in [-0.4, -0.2) is 49.3 Å². The van der Waals surface area contributed by atoms with Crippen LogP contribution >= 0.6 is 0 Å². The highest BCUT2D eigenvalue weighted by atomic mass is 19.1. The molecule has 2 N–H and O–H groups in total. The second-order valence-electron chi connectivity index (χ2n) is 9.49. The topological polar surface area (TPSA) is 93.0 Å². The number of rotatable bonds is 7. The number of hydrogen-bond acceptors (Lipinski definition) is 6. The van der Waals surface area contributed by atoms with Crippen molar-refractivity contribution >= 4 is 22.5 Å². The third-order valence-electron chi connectivity index (χ3n) is 7.07. The molecule has 4 aromatic heterocycles. The molecule has 4 heterocycles. The first kappa shape index (κ1) is 22.6. The van der Waals surface area contributed by atoms with Crippen molar-refractivity contribution in [3.05, 3.63) is 71.6 Å². The number of halogens is 1. The van der Waals surface area contributed by atoms with Crippen molar-refractivity contribution in [1.29, 1.82) is 0 Å². The van der Waals surface area contributed by atoms with E-state index in [9.17, 15) is 4.39 Å². The molecule has 1 unspecified atom stereocenters. The molecule has 0 saturated heterocycles. The van der Waals surface area contributed by atoms with Crippen LogP contribution in [0.1, 0.15) is 42.5 Å². The van der Waals surface area contributed by atoms with Gasteiger partial charge in [-0.3, -0.25) is 4.98 Å². The third kappa shape index (κ3) is 4.09. The summed E-state index contributed by atoms with van der Waals surface area (Å²) in [5.41, 5.74) is 6.07. The number of fused-ring (bicyclic) bond motifs is 4. The molecule has 1 aliphatic carbocycles. The van der Waals surface area contributed by atoms with Crippen molar-refractivity contribution in [2.75, 3.05) is 19.0 Å². The fourth-order valence-corrected chi connectivity index (χ4v) is 5.12. The van der Waals surface area contributed by atoms with Gasteiger partial charge in [-0.05, 0) is 49.3 Å². The zero-order valence-electron chi connectivity index (χ0n) is 20.3. The first-order chi connectivity index (χ1) is 17.6. The van der Waals surface area contributed by atoms with Gasteiger partial charge in [0.15, 0.2) is 11.5 Å². The fraction of sp³-hybridized carbons (Fsp3) is 0.333. The lowest BCUT2D eigenvalue weighted by Crippen LogP contribution is -2.29. The molecule has 8 nitrogen and oxygen atoms in total. The van der Waals surface area contributed by atoms with E-state index in [1.54, 1.807) is 17.8 Å². The Morgan fingerprint density at radius 3 is 2.97 bits per heavy atom. The maximum Gasteiger partial charge on any atom is 0.228 e. The van der Waals surface area contributed by atoms with Crippen molar-refractivity contribution < 1.29 is 9.13 Å². The molecule has 0 fully saturated rings. The molecule has 184 valence electrons. The molecule has 0 radical (unpaired) electrons. The lowest BCUT2D eigenvalue weighted by molar-refractivity contribution is 0.189. The van der Waals surface area contributed by atoms with Crippen LogP contribution < -0.4 is 5.32 Å². The monoisotopic (exact) mass is 485 g/mol. The fourth-order valence-electron chi connectivity index (χ4n) is 5.12. The van der Waals surface area contributed by atoms with Crippen molar-refractivity contribution in [2.45, 2.75) is 44.6 Å². The van der Waals surface area contributed by atoms with Crippen LogP contribution in [0.25, 0.3) is 27.9 Å². The summed E-state index contributed by atoms with van der Waals surface area (Å²) in [4.78, 5) is 17.2. The number of methoxy groups -OCH3 is 1. The van der Waals surface area contributed by atoms with Crippen LogP contribution in [0.15, 0.2) is 48.9 Å². The highest BCUT2D eigenvalue weighted by molar-refractivity contribution is 5.85. The Hall–Kier alpha value is -3.85.